The van der Waals surface area contributed by atoms with Gasteiger partial charge in [-0.3, -0.25) is 9.48 Å². The molecule has 1 saturated heterocycles. The van der Waals surface area contributed by atoms with Crippen molar-refractivity contribution in [2.45, 2.75) is 43.9 Å². The number of hydrogen-bond donors (Lipinski definition) is 1. The molecule has 1 aromatic heterocycles. The average molecular weight is 503 g/mol. The molecule has 0 atom stereocenters. The molecule has 2 fully saturated rings. The number of benzene rings is 2. The molecule has 1 N–H and O–H groups in total. The molecule has 2 heterocycles. The van der Waals surface area contributed by atoms with Crippen LogP contribution in [0.15, 0.2) is 41.3 Å². The topological polar surface area (TPSA) is 84.3 Å². The number of rotatable bonds is 6. The van der Waals surface area contributed by atoms with Crippen LogP contribution in [0.2, 0.25) is 0 Å². The smallest absolute Gasteiger partial charge is 0.282 e. The number of nitrogens with one attached hydrogen (secondary N) is 1. The Hall–Kier alpha value is -3.01. The van der Waals surface area contributed by atoms with Crippen molar-refractivity contribution in [1.29, 1.82) is 0 Å². The number of nitrogens with zero attached hydrogens (tertiary/aromatic N) is 3. The minimum absolute atomic E-state index is 0.0291. The van der Waals surface area contributed by atoms with E-state index in [1.165, 1.54) is 29.7 Å². The highest BCUT2D eigenvalue weighted by atomic mass is 32.2. The van der Waals surface area contributed by atoms with Gasteiger partial charge in [0.2, 0.25) is 0 Å². The average Bonchev–Trinajstić information content (AvgIpc) is 3.51. The molecule has 0 unspecified atom stereocenters. The van der Waals surface area contributed by atoms with Gasteiger partial charge in [-0.1, -0.05) is 6.92 Å². The van der Waals surface area contributed by atoms with Crippen LogP contribution in [0.4, 0.5) is 20.2 Å². The van der Waals surface area contributed by atoms with E-state index in [2.05, 4.69) is 15.3 Å². The summed E-state index contributed by atoms with van der Waals surface area (Å²) < 4.78 is 53.3. The lowest BCUT2D eigenvalue weighted by molar-refractivity contribution is 0.102. The third kappa shape index (κ3) is 4.39. The summed E-state index contributed by atoms with van der Waals surface area (Å²) in [6, 6.07) is 9.38. The highest BCUT2D eigenvalue weighted by Gasteiger charge is 2.44. The number of carbonyl (C=O) groups is 1. The van der Waals surface area contributed by atoms with Gasteiger partial charge in [-0.05, 0) is 67.5 Å². The predicted octanol–water partition coefficient (Wildman–Crippen LogP) is 4.94. The van der Waals surface area contributed by atoms with Crippen molar-refractivity contribution in [2.75, 3.05) is 29.1 Å². The maximum atomic E-state index is 13.4. The lowest BCUT2D eigenvalue weighted by atomic mass is 9.93. The number of fused-ring (bicyclic) bond motifs is 1. The number of aryl methyl sites for hydroxylation is 1. The number of alkyl halides is 2. The monoisotopic (exact) mass is 502 g/mol. The molecular weight excluding hydrogens is 474 g/mol. The zero-order valence-corrected chi connectivity index (χ0v) is 20.5. The van der Waals surface area contributed by atoms with Crippen LogP contribution in [0, 0.1) is 5.41 Å². The van der Waals surface area contributed by atoms with Gasteiger partial charge in [-0.25, -0.2) is 17.2 Å². The van der Waals surface area contributed by atoms with Crippen LogP contribution in [0.1, 0.15) is 55.1 Å². The van der Waals surface area contributed by atoms with Crippen LogP contribution in [0.5, 0.6) is 0 Å². The van der Waals surface area contributed by atoms with E-state index in [4.69, 9.17) is 0 Å². The summed E-state index contributed by atoms with van der Waals surface area (Å²) in [6.45, 7) is 3.11. The lowest BCUT2D eigenvalue weighted by Gasteiger charge is -2.35. The standard InChI is InChI=1S/C25H28F2N4O3S/c1-3-35(33,34)17-5-6-18(21(15-17)31-12-10-25(8-9-25)11-13-31)24(32)28-16-4-7-20-19(14-16)22(23(26)27)29-30(20)2/h4-7,14-15,23H,3,8-13H2,1-2H3,(H,28,32). The fraction of sp³-hybridized carbons (Fsp3) is 0.440. The third-order valence-corrected chi connectivity index (χ3v) is 9.15. The fourth-order valence-corrected chi connectivity index (χ4v) is 5.85. The van der Waals surface area contributed by atoms with Crippen LogP contribution < -0.4 is 10.2 Å². The van der Waals surface area contributed by atoms with Crippen molar-refractivity contribution in [3.05, 3.63) is 47.7 Å². The quantitative estimate of drug-likeness (QED) is 0.516. The molecule has 2 aliphatic rings. The third-order valence-electron chi connectivity index (χ3n) is 7.42. The summed E-state index contributed by atoms with van der Waals surface area (Å²) >= 11 is 0. The minimum Gasteiger partial charge on any atom is -0.371 e. The Balaban J connectivity index is 1.48. The molecule has 2 aromatic carbocycles. The lowest BCUT2D eigenvalue weighted by Crippen LogP contribution is -2.35. The van der Waals surface area contributed by atoms with E-state index < -0.39 is 22.2 Å². The number of amides is 1. The van der Waals surface area contributed by atoms with Gasteiger partial charge in [0.1, 0.15) is 5.69 Å². The van der Waals surface area contributed by atoms with Crippen molar-refractivity contribution in [2.24, 2.45) is 12.5 Å². The van der Waals surface area contributed by atoms with Gasteiger partial charge in [0.05, 0.1) is 27.4 Å². The Morgan fingerprint density at radius 2 is 1.83 bits per heavy atom. The van der Waals surface area contributed by atoms with Gasteiger partial charge < -0.3 is 10.2 Å². The first kappa shape index (κ1) is 23.7. The predicted molar refractivity (Wildman–Crippen MR) is 131 cm³/mol. The van der Waals surface area contributed by atoms with Gasteiger partial charge in [0.15, 0.2) is 9.84 Å². The molecule has 35 heavy (non-hydrogen) atoms. The number of carbonyl (C=O) groups excluding carboxylic acids is 1. The van der Waals surface area contributed by atoms with Gasteiger partial charge in [-0.15, -0.1) is 0 Å². The van der Waals surface area contributed by atoms with Gasteiger partial charge in [0.25, 0.3) is 12.3 Å². The highest BCUT2D eigenvalue weighted by Crippen LogP contribution is 2.54. The Kier molecular flexibility index (Phi) is 5.82. The molecule has 1 amide bonds. The van der Waals surface area contributed by atoms with E-state index in [1.807, 2.05) is 0 Å². The molecule has 5 rings (SSSR count). The first-order valence-electron chi connectivity index (χ1n) is 11.8. The summed E-state index contributed by atoms with van der Waals surface area (Å²) in [6.07, 6.45) is 1.77. The van der Waals surface area contributed by atoms with Crippen LogP contribution in [0.3, 0.4) is 0 Å². The van der Waals surface area contributed by atoms with Crippen LogP contribution in [0.25, 0.3) is 10.9 Å². The number of anilines is 2. The minimum atomic E-state index is -3.44. The molecule has 3 aromatic rings. The molecule has 1 spiro atoms. The number of sulfone groups is 1. The molecule has 1 aliphatic carbocycles. The van der Waals surface area contributed by atoms with Crippen molar-refractivity contribution in [3.8, 4) is 0 Å². The van der Waals surface area contributed by atoms with E-state index in [9.17, 15) is 22.0 Å². The number of halogens is 2. The summed E-state index contributed by atoms with van der Waals surface area (Å²) in [5.74, 6) is -0.451. The van der Waals surface area contributed by atoms with Gasteiger partial charge >= 0.3 is 0 Å². The van der Waals surface area contributed by atoms with E-state index in [0.29, 0.717) is 27.9 Å². The maximum Gasteiger partial charge on any atom is 0.282 e. The number of hydrogen-bond acceptors (Lipinski definition) is 5. The second-order valence-corrected chi connectivity index (χ2v) is 11.8. The van der Waals surface area contributed by atoms with Gasteiger partial charge in [-0.2, -0.15) is 5.10 Å². The molecule has 1 aliphatic heterocycles. The summed E-state index contributed by atoms with van der Waals surface area (Å²) in [5, 5.41) is 6.97. The molecule has 0 radical (unpaired) electrons. The van der Waals surface area contributed by atoms with Crippen LogP contribution in [-0.4, -0.2) is 42.9 Å². The second-order valence-electron chi connectivity index (χ2n) is 9.57. The van der Waals surface area contributed by atoms with E-state index >= 15 is 0 Å². The summed E-state index contributed by atoms with van der Waals surface area (Å²) in [4.78, 5) is 15.6. The van der Waals surface area contributed by atoms with E-state index in [0.717, 1.165) is 25.9 Å². The Morgan fingerprint density at radius 1 is 1.11 bits per heavy atom. The van der Waals surface area contributed by atoms with E-state index in [-0.39, 0.29) is 21.7 Å². The number of piperidine rings is 1. The highest BCUT2D eigenvalue weighted by molar-refractivity contribution is 7.91. The first-order valence-corrected chi connectivity index (χ1v) is 13.5. The molecule has 10 heteroatoms. The zero-order chi connectivity index (χ0) is 25.0. The van der Waals surface area contributed by atoms with Crippen LogP contribution >= 0.6 is 0 Å². The van der Waals surface area contributed by atoms with Gasteiger partial charge in [0, 0.05) is 31.2 Å². The Morgan fingerprint density at radius 3 is 2.46 bits per heavy atom. The fourth-order valence-electron chi connectivity index (χ4n) is 4.95. The van der Waals surface area contributed by atoms with Crippen molar-refractivity contribution < 1.29 is 22.0 Å². The Bertz CT molecular complexity index is 1400. The number of aromatic nitrogens is 2. The van der Waals surface area contributed by atoms with Crippen molar-refractivity contribution in [1.82, 2.24) is 9.78 Å². The summed E-state index contributed by atoms with van der Waals surface area (Å²) in [5.41, 5.74) is 1.93. The molecule has 186 valence electrons. The first-order chi connectivity index (χ1) is 16.6. The normalized spacial score (nSPS) is 17.3. The van der Waals surface area contributed by atoms with Crippen molar-refractivity contribution >= 4 is 38.0 Å². The molecule has 7 nitrogen and oxygen atoms in total. The maximum absolute atomic E-state index is 13.4. The van der Waals surface area contributed by atoms with Crippen molar-refractivity contribution in [3.63, 3.8) is 0 Å². The second kappa shape index (κ2) is 8.58. The van der Waals surface area contributed by atoms with E-state index in [1.54, 1.807) is 38.2 Å². The molecule has 0 bridgehead atoms. The largest absolute Gasteiger partial charge is 0.371 e. The molecular formula is C25H28F2N4O3S. The Labute approximate surface area is 203 Å². The zero-order valence-electron chi connectivity index (χ0n) is 19.7. The summed E-state index contributed by atoms with van der Waals surface area (Å²) in [7, 11) is -1.85. The van der Waals surface area contributed by atoms with Crippen LogP contribution in [-0.2, 0) is 16.9 Å². The SMILES string of the molecule is CCS(=O)(=O)c1ccc(C(=O)Nc2ccc3c(c2)c(C(F)F)nn3C)c(N2CCC3(CC2)CC3)c1. The molecule has 1 saturated carbocycles.